The summed E-state index contributed by atoms with van der Waals surface area (Å²) in [6.07, 6.45) is 4.45. The van der Waals surface area contributed by atoms with Crippen molar-refractivity contribution in [2.45, 2.75) is 33.2 Å². The number of nitrogens with two attached hydrogens (primary N) is 1. The van der Waals surface area contributed by atoms with Crippen LogP contribution >= 0.6 is 0 Å². The topological polar surface area (TPSA) is 77.8 Å². The number of hydrogen-bond donors (Lipinski definition) is 1. The molecule has 0 aliphatic heterocycles. The lowest BCUT2D eigenvalue weighted by Gasteiger charge is -2.12. The van der Waals surface area contributed by atoms with Crippen LogP contribution in [0.1, 0.15) is 37.8 Å². The maximum atomic E-state index is 6.07. The molecule has 0 unspecified atom stereocenters. The summed E-state index contributed by atoms with van der Waals surface area (Å²) in [6, 6.07) is 1.70. The first-order chi connectivity index (χ1) is 8.63. The summed E-state index contributed by atoms with van der Waals surface area (Å²) in [5.74, 6) is 1.35. The highest BCUT2D eigenvalue weighted by atomic mass is 16.5. The number of rotatable bonds is 4. The molecule has 2 heterocycles. The summed E-state index contributed by atoms with van der Waals surface area (Å²) >= 11 is 0. The lowest BCUT2D eigenvalue weighted by Crippen LogP contribution is -2.18. The van der Waals surface area contributed by atoms with Crippen molar-refractivity contribution in [3.8, 4) is 11.4 Å². The molecule has 5 nitrogen and oxygen atoms in total. The molecule has 0 spiro atoms. The molecule has 0 amide bonds. The number of aromatic nitrogens is 3. The fourth-order valence-corrected chi connectivity index (χ4v) is 1.68. The van der Waals surface area contributed by atoms with Gasteiger partial charge in [-0.15, -0.1) is 0 Å². The molecule has 2 rings (SSSR count). The van der Waals surface area contributed by atoms with E-state index in [0.29, 0.717) is 17.6 Å². The molecule has 0 saturated heterocycles. The van der Waals surface area contributed by atoms with E-state index in [1.54, 1.807) is 12.4 Å². The van der Waals surface area contributed by atoms with Crippen molar-refractivity contribution in [2.75, 3.05) is 0 Å². The quantitative estimate of drug-likeness (QED) is 0.896. The van der Waals surface area contributed by atoms with Gasteiger partial charge < -0.3 is 10.3 Å². The molecule has 0 bridgehead atoms. The van der Waals surface area contributed by atoms with Crippen molar-refractivity contribution in [1.82, 2.24) is 15.1 Å². The Morgan fingerprint density at radius 3 is 2.89 bits per heavy atom. The van der Waals surface area contributed by atoms with E-state index in [1.807, 2.05) is 13.0 Å². The highest BCUT2D eigenvalue weighted by Crippen LogP contribution is 2.24. The van der Waals surface area contributed by atoms with E-state index >= 15 is 0 Å². The Kier molecular flexibility index (Phi) is 3.72. The third kappa shape index (κ3) is 2.41. The van der Waals surface area contributed by atoms with Crippen LogP contribution in [0.15, 0.2) is 23.0 Å². The number of nitrogens with zero attached hydrogens (tertiary/aromatic N) is 3. The molecule has 5 heteroatoms. The highest BCUT2D eigenvalue weighted by Gasteiger charge is 2.20. The molecule has 0 radical (unpaired) electrons. The fourth-order valence-electron chi connectivity index (χ4n) is 1.68. The Morgan fingerprint density at radius 2 is 2.22 bits per heavy atom. The summed E-state index contributed by atoms with van der Waals surface area (Å²) in [4.78, 5) is 8.44. The van der Waals surface area contributed by atoms with Crippen LogP contribution in [0, 0.1) is 12.8 Å². The number of pyridine rings is 1. The summed E-state index contributed by atoms with van der Waals surface area (Å²) in [5.41, 5.74) is 8.01. The Bertz CT molecular complexity index is 523. The van der Waals surface area contributed by atoms with Gasteiger partial charge in [0.25, 0.3) is 0 Å². The van der Waals surface area contributed by atoms with Crippen LogP contribution in [-0.4, -0.2) is 15.1 Å². The summed E-state index contributed by atoms with van der Waals surface area (Å²) in [6.45, 7) is 6.15. The van der Waals surface area contributed by atoms with Crippen molar-refractivity contribution in [3.05, 3.63) is 29.9 Å². The Hall–Kier alpha value is -1.75. The van der Waals surface area contributed by atoms with Gasteiger partial charge in [0.05, 0.1) is 6.04 Å². The zero-order chi connectivity index (χ0) is 13.1. The number of hydrogen-bond acceptors (Lipinski definition) is 5. The first-order valence-corrected chi connectivity index (χ1v) is 6.13. The zero-order valence-electron chi connectivity index (χ0n) is 10.9. The van der Waals surface area contributed by atoms with E-state index in [9.17, 15) is 0 Å². The summed E-state index contributed by atoms with van der Waals surface area (Å²) in [5, 5.41) is 3.98. The molecule has 2 atom stereocenters. The van der Waals surface area contributed by atoms with E-state index in [-0.39, 0.29) is 6.04 Å². The van der Waals surface area contributed by atoms with Crippen LogP contribution < -0.4 is 5.73 Å². The largest absolute Gasteiger partial charge is 0.337 e. The normalized spacial score (nSPS) is 14.4. The predicted octanol–water partition coefficient (Wildman–Crippen LogP) is 2.49. The van der Waals surface area contributed by atoms with E-state index < -0.39 is 0 Å². The minimum absolute atomic E-state index is 0.215. The van der Waals surface area contributed by atoms with Gasteiger partial charge in [0.15, 0.2) is 0 Å². The summed E-state index contributed by atoms with van der Waals surface area (Å²) < 4.78 is 5.24. The maximum absolute atomic E-state index is 6.07. The monoisotopic (exact) mass is 246 g/mol. The van der Waals surface area contributed by atoms with Crippen LogP contribution in [0.3, 0.4) is 0 Å². The summed E-state index contributed by atoms with van der Waals surface area (Å²) in [7, 11) is 0. The SMILES string of the molecule is CC[C@H](C)[C@H](N)c1nc(-c2cnccc2C)no1. The molecule has 0 aromatic carbocycles. The van der Waals surface area contributed by atoms with Gasteiger partial charge in [0, 0.05) is 18.0 Å². The van der Waals surface area contributed by atoms with Gasteiger partial charge in [-0.1, -0.05) is 25.4 Å². The van der Waals surface area contributed by atoms with E-state index in [2.05, 4.69) is 29.0 Å². The molecular formula is C13H18N4O. The smallest absolute Gasteiger partial charge is 0.244 e. The minimum atomic E-state index is -0.215. The highest BCUT2D eigenvalue weighted by molar-refractivity contribution is 5.57. The molecule has 0 fully saturated rings. The first-order valence-electron chi connectivity index (χ1n) is 6.13. The Morgan fingerprint density at radius 1 is 1.44 bits per heavy atom. The van der Waals surface area contributed by atoms with Gasteiger partial charge in [-0.05, 0) is 24.5 Å². The van der Waals surface area contributed by atoms with Crippen LogP contribution in [0.5, 0.6) is 0 Å². The van der Waals surface area contributed by atoms with Crippen molar-refractivity contribution in [3.63, 3.8) is 0 Å². The fraction of sp³-hybridized carbons (Fsp3) is 0.462. The molecule has 0 saturated carbocycles. The molecule has 0 aliphatic rings. The first kappa shape index (κ1) is 12.7. The molecule has 18 heavy (non-hydrogen) atoms. The second kappa shape index (κ2) is 5.27. The molecule has 2 aromatic rings. The lowest BCUT2D eigenvalue weighted by atomic mass is 10.0. The Labute approximate surface area is 106 Å². The van der Waals surface area contributed by atoms with Gasteiger partial charge in [0.2, 0.25) is 11.7 Å². The second-order valence-electron chi connectivity index (χ2n) is 4.56. The van der Waals surface area contributed by atoms with Crippen molar-refractivity contribution in [2.24, 2.45) is 11.7 Å². The Balaban J connectivity index is 2.29. The van der Waals surface area contributed by atoms with Crippen LogP contribution in [0.4, 0.5) is 0 Å². The van der Waals surface area contributed by atoms with Crippen LogP contribution in [0.2, 0.25) is 0 Å². The standard InChI is InChI=1S/C13H18N4O/c1-4-8(2)11(14)13-16-12(17-18-13)10-7-15-6-5-9(10)3/h5-8,11H,4,14H2,1-3H3/t8-,11-/m0/s1. The lowest BCUT2D eigenvalue weighted by molar-refractivity contribution is 0.312. The molecule has 0 aliphatic carbocycles. The number of aryl methyl sites for hydroxylation is 1. The zero-order valence-corrected chi connectivity index (χ0v) is 10.9. The van der Waals surface area contributed by atoms with Crippen molar-refractivity contribution >= 4 is 0 Å². The van der Waals surface area contributed by atoms with Crippen LogP contribution in [-0.2, 0) is 0 Å². The third-order valence-corrected chi connectivity index (χ3v) is 3.26. The van der Waals surface area contributed by atoms with E-state index in [1.165, 1.54) is 0 Å². The van der Waals surface area contributed by atoms with Crippen molar-refractivity contribution in [1.29, 1.82) is 0 Å². The van der Waals surface area contributed by atoms with Gasteiger partial charge in [-0.2, -0.15) is 4.98 Å². The molecular weight excluding hydrogens is 228 g/mol. The van der Waals surface area contributed by atoms with E-state index in [4.69, 9.17) is 10.3 Å². The van der Waals surface area contributed by atoms with E-state index in [0.717, 1.165) is 17.5 Å². The third-order valence-electron chi connectivity index (χ3n) is 3.26. The predicted molar refractivity (Wildman–Crippen MR) is 68.6 cm³/mol. The maximum Gasteiger partial charge on any atom is 0.244 e. The van der Waals surface area contributed by atoms with Gasteiger partial charge in [0.1, 0.15) is 0 Å². The van der Waals surface area contributed by atoms with Gasteiger partial charge >= 0.3 is 0 Å². The molecule has 2 aromatic heterocycles. The molecule has 96 valence electrons. The minimum Gasteiger partial charge on any atom is -0.337 e. The van der Waals surface area contributed by atoms with Gasteiger partial charge in [-0.3, -0.25) is 4.98 Å². The van der Waals surface area contributed by atoms with Gasteiger partial charge in [-0.25, -0.2) is 0 Å². The average molecular weight is 246 g/mol. The molecule has 2 N–H and O–H groups in total. The second-order valence-corrected chi connectivity index (χ2v) is 4.56. The van der Waals surface area contributed by atoms with Crippen LogP contribution in [0.25, 0.3) is 11.4 Å². The van der Waals surface area contributed by atoms with Crippen molar-refractivity contribution < 1.29 is 4.52 Å². The average Bonchev–Trinajstić information content (AvgIpc) is 2.87.